The number of anilines is 1. The Labute approximate surface area is 154 Å². The second-order valence-corrected chi connectivity index (χ2v) is 7.41. The zero-order chi connectivity index (χ0) is 18.1. The van der Waals surface area contributed by atoms with Crippen LogP contribution in [0.1, 0.15) is 24.0 Å². The summed E-state index contributed by atoms with van der Waals surface area (Å²) in [6.45, 7) is 6.93. The fourth-order valence-electron chi connectivity index (χ4n) is 3.93. The van der Waals surface area contributed by atoms with Crippen molar-refractivity contribution in [3.8, 4) is 16.9 Å². The summed E-state index contributed by atoms with van der Waals surface area (Å²) in [6.07, 6.45) is 6.66. The van der Waals surface area contributed by atoms with Gasteiger partial charge in [0, 0.05) is 29.7 Å². The van der Waals surface area contributed by atoms with E-state index in [9.17, 15) is 5.11 Å². The molecule has 136 valence electrons. The number of hydrogen-bond acceptors (Lipinski definition) is 4. The molecule has 1 fully saturated rings. The standard InChI is InChI=1S/C22H27N3O/c1-14-9-17(10-15(2)22(14)26)18-11-16-3-6-24-13-20(16)21(12-18)25-19-4-7-23-8-5-19/h3,9-13,19,23-26H,4-8H2,1-2H3. The molecule has 0 atom stereocenters. The van der Waals surface area contributed by atoms with E-state index in [-0.39, 0.29) is 0 Å². The Balaban J connectivity index is 1.80. The summed E-state index contributed by atoms with van der Waals surface area (Å²) >= 11 is 0. The summed E-state index contributed by atoms with van der Waals surface area (Å²) in [5.74, 6) is 0.392. The minimum atomic E-state index is 0.392. The Morgan fingerprint density at radius 3 is 2.42 bits per heavy atom. The van der Waals surface area contributed by atoms with E-state index in [2.05, 4.69) is 52.5 Å². The molecule has 4 heteroatoms. The van der Waals surface area contributed by atoms with Crippen LogP contribution in [0.25, 0.3) is 23.4 Å². The Hall–Kier alpha value is -2.46. The van der Waals surface area contributed by atoms with Gasteiger partial charge in [0.25, 0.3) is 0 Å². The third kappa shape index (κ3) is 3.29. The van der Waals surface area contributed by atoms with Crippen molar-refractivity contribution >= 4 is 18.0 Å². The molecule has 2 aliphatic rings. The third-order valence-corrected chi connectivity index (χ3v) is 5.42. The molecular formula is C22H27N3O. The highest BCUT2D eigenvalue weighted by Gasteiger charge is 2.15. The van der Waals surface area contributed by atoms with E-state index in [1.54, 1.807) is 0 Å². The summed E-state index contributed by atoms with van der Waals surface area (Å²) in [7, 11) is 0. The molecule has 2 aromatic carbocycles. The van der Waals surface area contributed by atoms with Crippen molar-refractivity contribution in [3.63, 3.8) is 0 Å². The Kier molecular flexibility index (Phi) is 4.60. The van der Waals surface area contributed by atoms with E-state index in [0.29, 0.717) is 11.8 Å². The molecule has 26 heavy (non-hydrogen) atoms. The van der Waals surface area contributed by atoms with Crippen molar-refractivity contribution in [2.24, 2.45) is 0 Å². The molecule has 0 saturated carbocycles. The van der Waals surface area contributed by atoms with Crippen LogP contribution < -0.4 is 26.4 Å². The lowest BCUT2D eigenvalue weighted by molar-refractivity contribution is 0.467. The van der Waals surface area contributed by atoms with Crippen molar-refractivity contribution in [3.05, 3.63) is 45.8 Å². The normalized spacial score (nSPS) is 16.8. The molecular weight excluding hydrogens is 322 g/mol. The summed E-state index contributed by atoms with van der Waals surface area (Å²) in [5, 5.41) is 23.2. The van der Waals surface area contributed by atoms with Crippen LogP contribution in [0.5, 0.6) is 5.75 Å². The zero-order valence-corrected chi connectivity index (χ0v) is 15.5. The van der Waals surface area contributed by atoms with Crippen molar-refractivity contribution in [2.75, 3.05) is 25.0 Å². The van der Waals surface area contributed by atoms with Gasteiger partial charge in [0.2, 0.25) is 0 Å². The highest BCUT2D eigenvalue weighted by molar-refractivity contribution is 5.72. The van der Waals surface area contributed by atoms with Crippen LogP contribution in [-0.2, 0) is 0 Å². The molecule has 4 rings (SSSR count). The van der Waals surface area contributed by atoms with Gasteiger partial charge < -0.3 is 21.1 Å². The fourth-order valence-corrected chi connectivity index (χ4v) is 3.93. The number of piperidine rings is 1. The number of rotatable bonds is 3. The summed E-state index contributed by atoms with van der Waals surface area (Å²) in [5.41, 5.74) is 5.38. The number of nitrogens with one attached hydrogen (secondary N) is 3. The fraction of sp³-hybridized carbons (Fsp3) is 0.364. The largest absolute Gasteiger partial charge is 0.507 e. The van der Waals surface area contributed by atoms with E-state index >= 15 is 0 Å². The molecule has 0 aromatic heterocycles. The van der Waals surface area contributed by atoms with Gasteiger partial charge in [0.05, 0.1) is 0 Å². The first-order valence-corrected chi connectivity index (χ1v) is 9.47. The average molecular weight is 349 g/mol. The van der Waals surface area contributed by atoms with Crippen LogP contribution in [0.2, 0.25) is 0 Å². The molecule has 1 saturated heterocycles. The summed E-state index contributed by atoms with van der Waals surface area (Å²) in [4.78, 5) is 0. The van der Waals surface area contributed by atoms with E-state index in [0.717, 1.165) is 49.2 Å². The number of phenolic OH excluding ortho intramolecular Hbond substituents is 1. The van der Waals surface area contributed by atoms with Crippen LogP contribution in [0.3, 0.4) is 0 Å². The highest BCUT2D eigenvalue weighted by atomic mass is 16.3. The highest BCUT2D eigenvalue weighted by Crippen LogP contribution is 2.29. The molecule has 0 radical (unpaired) electrons. The van der Waals surface area contributed by atoms with E-state index in [1.165, 1.54) is 21.7 Å². The van der Waals surface area contributed by atoms with Gasteiger partial charge in [-0.2, -0.15) is 0 Å². The Morgan fingerprint density at radius 1 is 1.00 bits per heavy atom. The first-order valence-electron chi connectivity index (χ1n) is 9.47. The van der Waals surface area contributed by atoms with Gasteiger partial charge in [-0.1, -0.05) is 6.08 Å². The average Bonchev–Trinajstić information content (AvgIpc) is 2.66. The van der Waals surface area contributed by atoms with Gasteiger partial charge in [-0.3, -0.25) is 0 Å². The quantitative estimate of drug-likeness (QED) is 0.684. The Morgan fingerprint density at radius 2 is 1.69 bits per heavy atom. The van der Waals surface area contributed by atoms with Crippen LogP contribution in [-0.4, -0.2) is 30.8 Å². The molecule has 4 nitrogen and oxygen atoms in total. The lowest BCUT2D eigenvalue weighted by Crippen LogP contribution is -2.40. The molecule has 0 spiro atoms. The molecule has 0 amide bonds. The van der Waals surface area contributed by atoms with Crippen LogP contribution >= 0.6 is 0 Å². The van der Waals surface area contributed by atoms with Gasteiger partial charge in [0.1, 0.15) is 5.75 Å². The molecule has 2 aliphatic heterocycles. The van der Waals surface area contributed by atoms with Gasteiger partial charge in [-0.15, -0.1) is 0 Å². The lowest BCUT2D eigenvalue weighted by Gasteiger charge is -2.26. The molecule has 2 aromatic rings. The number of hydrogen-bond donors (Lipinski definition) is 4. The van der Waals surface area contributed by atoms with E-state index in [1.807, 2.05) is 13.8 Å². The van der Waals surface area contributed by atoms with E-state index in [4.69, 9.17) is 0 Å². The van der Waals surface area contributed by atoms with Crippen molar-refractivity contribution in [1.29, 1.82) is 0 Å². The van der Waals surface area contributed by atoms with Gasteiger partial charge in [-0.05, 0) is 91.5 Å². The maximum atomic E-state index is 10.1. The SMILES string of the molecule is Cc1cc(-c2cc(NC3CCNCC3)c3c(c2)=CCNC=3)cc(C)c1O. The predicted octanol–water partition coefficient (Wildman–Crippen LogP) is 1.96. The maximum absolute atomic E-state index is 10.1. The second kappa shape index (κ2) is 7.04. The smallest absolute Gasteiger partial charge is 0.121 e. The Bertz CT molecular complexity index is 920. The monoisotopic (exact) mass is 349 g/mol. The number of aryl methyl sites for hydroxylation is 2. The number of phenols is 1. The summed E-state index contributed by atoms with van der Waals surface area (Å²) in [6, 6.07) is 9.16. The second-order valence-electron chi connectivity index (χ2n) is 7.41. The molecule has 0 unspecified atom stereocenters. The van der Waals surface area contributed by atoms with Gasteiger partial charge in [-0.25, -0.2) is 0 Å². The topological polar surface area (TPSA) is 56.3 Å². The third-order valence-electron chi connectivity index (χ3n) is 5.42. The maximum Gasteiger partial charge on any atom is 0.121 e. The molecule has 0 aliphatic carbocycles. The van der Waals surface area contributed by atoms with Crippen molar-refractivity contribution < 1.29 is 5.11 Å². The first-order chi connectivity index (χ1) is 12.6. The van der Waals surface area contributed by atoms with Crippen LogP contribution in [0, 0.1) is 13.8 Å². The van der Waals surface area contributed by atoms with Gasteiger partial charge >= 0.3 is 0 Å². The van der Waals surface area contributed by atoms with Crippen LogP contribution in [0.15, 0.2) is 24.3 Å². The lowest BCUT2D eigenvalue weighted by atomic mass is 9.97. The predicted molar refractivity (Wildman–Crippen MR) is 109 cm³/mol. The minimum absolute atomic E-state index is 0.392. The number of benzene rings is 2. The van der Waals surface area contributed by atoms with E-state index < -0.39 is 0 Å². The first kappa shape index (κ1) is 17.0. The summed E-state index contributed by atoms with van der Waals surface area (Å²) < 4.78 is 0. The van der Waals surface area contributed by atoms with Gasteiger partial charge in [0.15, 0.2) is 0 Å². The molecule has 4 N–H and O–H groups in total. The zero-order valence-electron chi connectivity index (χ0n) is 15.5. The molecule has 0 bridgehead atoms. The van der Waals surface area contributed by atoms with Crippen molar-refractivity contribution in [2.45, 2.75) is 32.7 Å². The van der Waals surface area contributed by atoms with Crippen molar-refractivity contribution in [1.82, 2.24) is 10.6 Å². The minimum Gasteiger partial charge on any atom is -0.507 e. The van der Waals surface area contributed by atoms with Crippen LogP contribution in [0.4, 0.5) is 5.69 Å². The molecule has 2 heterocycles. The number of fused-ring (bicyclic) bond motifs is 1. The number of aromatic hydroxyl groups is 1.